The molecule has 4 heteroatoms. The number of furan rings is 1. The molecular formula is C21H20FNO2. The van der Waals surface area contributed by atoms with Crippen LogP contribution >= 0.6 is 0 Å². The second-order valence-corrected chi connectivity index (χ2v) is 6.81. The molecule has 1 aromatic heterocycles. The first-order chi connectivity index (χ1) is 12.0. The maximum atomic E-state index is 13.1. The third-order valence-corrected chi connectivity index (χ3v) is 5.19. The number of benzene rings is 2. The van der Waals surface area contributed by atoms with Crippen LogP contribution in [-0.4, -0.2) is 17.9 Å². The van der Waals surface area contributed by atoms with Crippen LogP contribution in [0.3, 0.4) is 0 Å². The lowest BCUT2D eigenvalue weighted by molar-refractivity contribution is -0.133. The van der Waals surface area contributed by atoms with Gasteiger partial charge in [-0.3, -0.25) is 4.79 Å². The molecule has 0 N–H and O–H groups in total. The number of fused-ring (bicyclic) bond motifs is 1. The maximum absolute atomic E-state index is 13.1. The van der Waals surface area contributed by atoms with Crippen LogP contribution in [-0.2, 0) is 4.79 Å². The topological polar surface area (TPSA) is 33.5 Å². The molecule has 1 amide bonds. The summed E-state index contributed by atoms with van der Waals surface area (Å²) in [6, 6.07) is 16.2. The highest BCUT2D eigenvalue weighted by molar-refractivity contribution is 5.83. The molecule has 1 aliphatic rings. The Morgan fingerprint density at radius 1 is 1.20 bits per heavy atom. The lowest BCUT2D eigenvalue weighted by Crippen LogP contribution is -2.31. The highest BCUT2D eigenvalue weighted by atomic mass is 19.1. The Hall–Kier alpha value is -2.62. The first-order valence-electron chi connectivity index (χ1n) is 8.55. The van der Waals surface area contributed by atoms with Crippen LogP contribution in [0.4, 0.5) is 4.39 Å². The van der Waals surface area contributed by atoms with Crippen LogP contribution in [0.5, 0.6) is 0 Å². The lowest BCUT2D eigenvalue weighted by atomic mass is 10.1. The zero-order valence-corrected chi connectivity index (χ0v) is 14.3. The molecule has 0 spiro atoms. The zero-order chi connectivity index (χ0) is 17.6. The van der Waals surface area contributed by atoms with E-state index < -0.39 is 0 Å². The van der Waals surface area contributed by atoms with E-state index in [2.05, 4.69) is 0 Å². The van der Waals surface area contributed by atoms with Crippen LogP contribution in [0.15, 0.2) is 59.0 Å². The van der Waals surface area contributed by atoms with Gasteiger partial charge in [-0.1, -0.05) is 30.3 Å². The molecule has 1 aliphatic carbocycles. The van der Waals surface area contributed by atoms with E-state index in [0.717, 1.165) is 28.7 Å². The minimum absolute atomic E-state index is 0.0257. The molecule has 3 unspecified atom stereocenters. The van der Waals surface area contributed by atoms with Crippen LogP contribution in [0.2, 0.25) is 0 Å². The van der Waals surface area contributed by atoms with Gasteiger partial charge in [0, 0.05) is 18.4 Å². The molecule has 1 heterocycles. The van der Waals surface area contributed by atoms with E-state index in [4.69, 9.17) is 4.42 Å². The second kappa shape index (κ2) is 6.03. The molecule has 3 nitrogen and oxygen atoms in total. The Morgan fingerprint density at radius 2 is 1.92 bits per heavy atom. The Kier molecular flexibility index (Phi) is 3.83. The number of carbonyl (C=O) groups excluding carboxylic acids is 1. The number of amides is 1. The molecular weight excluding hydrogens is 317 g/mol. The fourth-order valence-electron chi connectivity index (χ4n) is 3.40. The van der Waals surface area contributed by atoms with Gasteiger partial charge in [-0.2, -0.15) is 0 Å². The smallest absolute Gasteiger partial charge is 0.226 e. The van der Waals surface area contributed by atoms with Crippen LogP contribution < -0.4 is 0 Å². The van der Waals surface area contributed by atoms with Crippen LogP contribution in [0, 0.1) is 11.7 Å². The highest BCUT2D eigenvalue weighted by Crippen LogP contribution is 2.49. The van der Waals surface area contributed by atoms with Crippen molar-refractivity contribution in [3.8, 4) is 0 Å². The van der Waals surface area contributed by atoms with E-state index in [9.17, 15) is 9.18 Å². The standard InChI is InChI=1S/C21H20FNO2/c1-13(20-11-15-5-3-4-6-19(15)25-20)23(2)21(24)18-12-17(18)14-7-9-16(22)10-8-14/h3-11,13,17-18H,12H2,1-2H3. The van der Waals surface area contributed by atoms with Crippen LogP contribution in [0.1, 0.15) is 36.6 Å². The summed E-state index contributed by atoms with van der Waals surface area (Å²) in [5, 5.41) is 1.04. The van der Waals surface area contributed by atoms with Crippen molar-refractivity contribution in [2.75, 3.05) is 7.05 Å². The average Bonchev–Trinajstić information content (AvgIpc) is 3.30. The van der Waals surface area contributed by atoms with Crippen molar-refractivity contribution < 1.29 is 13.6 Å². The summed E-state index contributed by atoms with van der Waals surface area (Å²) in [6.07, 6.45) is 0.821. The first kappa shape index (κ1) is 15.9. The van der Waals surface area contributed by atoms with Crippen molar-refractivity contribution in [1.29, 1.82) is 0 Å². The molecule has 3 aromatic rings. The van der Waals surface area contributed by atoms with Crippen molar-refractivity contribution in [1.82, 2.24) is 4.90 Å². The van der Waals surface area contributed by atoms with Gasteiger partial charge in [0.2, 0.25) is 5.91 Å². The average molecular weight is 337 g/mol. The number of halogens is 1. The quantitative estimate of drug-likeness (QED) is 0.679. The highest BCUT2D eigenvalue weighted by Gasteiger charge is 2.46. The van der Waals surface area contributed by atoms with E-state index in [1.165, 1.54) is 12.1 Å². The molecule has 1 saturated carbocycles. The van der Waals surface area contributed by atoms with E-state index in [-0.39, 0.29) is 29.6 Å². The van der Waals surface area contributed by atoms with Crippen molar-refractivity contribution in [3.63, 3.8) is 0 Å². The molecule has 0 aliphatic heterocycles. The molecule has 25 heavy (non-hydrogen) atoms. The SMILES string of the molecule is CC(c1cc2ccccc2o1)N(C)C(=O)C1CC1c1ccc(F)cc1. The summed E-state index contributed by atoms with van der Waals surface area (Å²) in [6.45, 7) is 1.98. The van der Waals surface area contributed by atoms with E-state index in [1.54, 1.807) is 17.0 Å². The van der Waals surface area contributed by atoms with Crippen molar-refractivity contribution in [2.45, 2.75) is 25.3 Å². The van der Waals surface area contributed by atoms with Gasteiger partial charge in [-0.25, -0.2) is 4.39 Å². The number of carbonyl (C=O) groups is 1. The van der Waals surface area contributed by atoms with Gasteiger partial charge in [0.05, 0.1) is 6.04 Å². The normalized spacial score (nSPS) is 20.4. The van der Waals surface area contributed by atoms with Gasteiger partial charge in [-0.05, 0) is 49.1 Å². The predicted octanol–water partition coefficient (Wildman–Crippen LogP) is 4.90. The molecule has 2 aromatic carbocycles. The Morgan fingerprint density at radius 3 is 2.64 bits per heavy atom. The minimum Gasteiger partial charge on any atom is -0.459 e. The summed E-state index contributed by atoms with van der Waals surface area (Å²) < 4.78 is 18.9. The van der Waals surface area contributed by atoms with Gasteiger partial charge >= 0.3 is 0 Å². The molecule has 0 bridgehead atoms. The van der Waals surface area contributed by atoms with Gasteiger partial charge in [-0.15, -0.1) is 0 Å². The van der Waals surface area contributed by atoms with Crippen molar-refractivity contribution >= 4 is 16.9 Å². The molecule has 128 valence electrons. The summed E-state index contributed by atoms with van der Waals surface area (Å²) in [5.41, 5.74) is 1.87. The minimum atomic E-state index is -0.247. The number of nitrogens with zero attached hydrogens (tertiary/aromatic N) is 1. The third kappa shape index (κ3) is 2.93. The molecule has 1 fully saturated rings. The number of para-hydroxylation sites is 1. The van der Waals surface area contributed by atoms with E-state index in [0.29, 0.717) is 0 Å². The largest absolute Gasteiger partial charge is 0.459 e. The number of rotatable bonds is 4. The van der Waals surface area contributed by atoms with E-state index in [1.807, 2.05) is 44.3 Å². The molecule has 3 atom stereocenters. The van der Waals surface area contributed by atoms with Crippen molar-refractivity contribution in [3.05, 3.63) is 71.7 Å². The first-order valence-corrected chi connectivity index (χ1v) is 8.55. The third-order valence-electron chi connectivity index (χ3n) is 5.19. The number of hydrogen-bond donors (Lipinski definition) is 0. The monoisotopic (exact) mass is 337 g/mol. The predicted molar refractivity (Wildman–Crippen MR) is 94.6 cm³/mol. The Bertz CT molecular complexity index is 882. The summed E-state index contributed by atoms with van der Waals surface area (Å²) in [5.74, 6) is 0.821. The van der Waals surface area contributed by atoms with Gasteiger partial charge < -0.3 is 9.32 Å². The van der Waals surface area contributed by atoms with Gasteiger partial charge in [0.1, 0.15) is 17.2 Å². The van der Waals surface area contributed by atoms with Gasteiger partial charge in [0.15, 0.2) is 0 Å². The second-order valence-electron chi connectivity index (χ2n) is 6.81. The van der Waals surface area contributed by atoms with Crippen LogP contribution in [0.25, 0.3) is 11.0 Å². The van der Waals surface area contributed by atoms with Gasteiger partial charge in [0.25, 0.3) is 0 Å². The number of hydrogen-bond acceptors (Lipinski definition) is 2. The fourth-order valence-corrected chi connectivity index (χ4v) is 3.40. The van der Waals surface area contributed by atoms with Crippen molar-refractivity contribution in [2.24, 2.45) is 5.92 Å². The fraction of sp³-hybridized carbons (Fsp3) is 0.286. The molecule has 4 rings (SSSR count). The Balaban J connectivity index is 1.47. The molecule has 0 radical (unpaired) electrons. The van der Waals surface area contributed by atoms with E-state index >= 15 is 0 Å². The summed E-state index contributed by atoms with van der Waals surface area (Å²) >= 11 is 0. The molecule has 0 saturated heterocycles. The summed E-state index contributed by atoms with van der Waals surface area (Å²) in [4.78, 5) is 14.6. The summed E-state index contributed by atoms with van der Waals surface area (Å²) in [7, 11) is 1.82. The zero-order valence-electron chi connectivity index (χ0n) is 14.3. The lowest BCUT2D eigenvalue weighted by Gasteiger charge is -2.23. The Labute approximate surface area is 146 Å². The maximum Gasteiger partial charge on any atom is 0.226 e.